The van der Waals surface area contributed by atoms with Crippen LogP contribution in [0.15, 0.2) is 23.4 Å². The molecule has 9 heteroatoms. The molecule has 3 N–H and O–H groups in total. The largest absolute Gasteiger partial charge is 0.493 e. The number of carbonyl (C=O) groups excluding carboxylic acids is 1. The second kappa shape index (κ2) is 9.37. The highest BCUT2D eigenvalue weighted by Crippen LogP contribution is 2.32. The van der Waals surface area contributed by atoms with E-state index in [1.165, 1.54) is 16.4 Å². The maximum atomic E-state index is 12.3. The van der Waals surface area contributed by atoms with Crippen LogP contribution in [0.2, 0.25) is 0 Å². The van der Waals surface area contributed by atoms with Crippen molar-refractivity contribution in [3.05, 3.63) is 18.2 Å². The van der Waals surface area contributed by atoms with Crippen LogP contribution < -0.4 is 20.6 Å². The fourth-order valence-electron chi connectivity index (χ4n) is 2.65. The van der Waals surface area contributed by atoms with Gasteiger partial charge in [0.2, 0.25) is 11.1 Å². The number of carbonyl (C=O) groups is 1. The highest BCUT2D eigenvalue weighted by atomic mass is 32.2. The molecule has 0 bridgehead atoms. The van der Waals surface area contributed by atoms with Crippen LogP contribution in [-0.2, 0) is 4.79 Å². The van der Waals surface area contributed by atoms with Gasteiger partial charge >= 0.3 is 0 Å². The second-order valence-electron chi connectivity index (χ2n) is 6.02. The number of thioether (sulfide) groups is 1. The molecule has 2 rings (SSSR count). The Morgan fingerprint density at radius 1 is 1.29 bits per heavy atom. The third kappa shape index (κ3) is 4.51. The Bertz CT molecular complexity index is 871. The molecule has 8 nitrogen and oxygen atoms in total. The van der Waals surface area contributed by atoms with Crippen LogP contribution in [0.1, 0.15) is 26.7 Å². The standard InChI is InChI=1S/C19H25N5O3S/c1-6-19(7-2,8-3)21-16(25)12-28-18-23-22-17(24(18)20)13-9-10-14(26-4)15(11-13)27-5/h1,9-11H,7-8,12,20H2,2-5H3,(H,21,25). The molecule has 0 saturated heterocycles. The smallest absolute Gasteiger partial charge is 0.231 e. The molecule has 150 valence electrons. The number of nitrogens with one attached hydrogen (secondary N) is 1. The van der Waals surface area contributed by atoms with Crippen LogP contribution in [0.25, 0.3) is 11.4 Å². The van der Waals surface area contributed by atoms with Crippen LogP contribution >= 0.6 is 11.8 Å². The van der Waals surface area contributed by atoms with Crippen LogP contribution in [-0.4, -0.2) is 46.3 Å². The lowest BCUT2D eigenvalue weighted by Crippen LogP contribution is -2.47. The summed E-state index contributed by atoms with van der Waals surface area (Å²) in [5, 5.41) is 11.5. The van der Waals surface area contributed by atoms with Gasteiger partial charge < -0.3 is 20.6 Å². The van der Waals surface area contributed by atoms with Crippen molar-refractivity contribution >= 4 is 17.7 Å². The minimum atomic E-state index is -0.626. The van der Waals surface area contributed by atoms with E-state index in [0.29, 0.717) is 40.9 Å². The van der Waals surface area contributed by atoms with Crippen molar-refractivity contribution in [2.24, 2.45) is 0 Å². The first kappa shape index (κ1) is 21.4. The Morgan fingerprint density at radius 3 is 2.54 bits per heavy atom. The average Bonchev–Trinajstić information content (AvgIpc) is 3.10. The summed E-state index contributed by atoms with van der Waals surface area (Å²) in [6.45, 7) is 3.89. The molecule has 0 atom stereocenters. The van der Waals surface area contributed by atoms with Crippen LogP contribution in [0.3, 0.4) is 0 Å². The summed E-state index contributed by atoms with van der Waals surface area (Å²) in [5.41, 5.74) is 0.0889. The van der Waals surface area contributed by atoms with E-state index in [-0.39, 0.29) is 11.7 Å². The molecule has 0 aliphatic heterocycles. The number of benzene rings is 1. The molecular weight excluding hydrogens is 378 g/mol. The number of nitrogens with zero attached hydrogens (tertiary/aromatic N) is 3. The van der Waals surface area contributed by atoms with Gasteiger partial charge in [-0.25, -0.2) is 4.68 Å². The topological polar surface area (TPSA) is 104 Å². The molecule has 1 aromatic carbocycles. The van der Waals surface area contributed by atoms with E-state index in [1.54, 1.807) is 32.4 Å². The maximum Gasteiger partial charge on any atom is 0.231 e. The zero-order valence-corrected chi connectivity index (χ0v) is 17.3. The van der Waals surface area contributed by atoms with Gasteiger partial charge in [0.05, 0.1) is 20.0 Å². The van der Waals surface area contributed by atoms with Gasteiger partial charge in [-0.15, -0.1) is 16.6 Å². The number of methoxy groups -OCH3 is 2. The van der Waals surface area contributed by atoms with E-state index in [4.69, 9.17) is 21.7 Å². The number of amides is 1. The fraction of sp³-hybridized carbons (Fsp3) is 0.421. The highest BCUT2D eigenvalue weighted by Gasteiger charge is 2.25. The van der Waals surface area contributed by atoms with E-state index in [1.807, 2.05) is 13.8 Å². The van der Waals surface area contributed by atoms with Crippen molar-refractivity contribution < 1.29 is 14.3 Å². The van der Waals surface area contributed by atoms with Gasteiger partial charge in [0.15, 0.2) is 17.3 Å². The molecule has 2 aromatic rings. The molecule has 0 unspecified atom stereocenters. The third-order valence-corrected chi connectivity index (χ3v) is 5.44. The van der Waals surface area contributed by atoms with Gasteiger partial charge in [-0.1, -0.05) is 31.5 Å². The number of terminal acetylenes is 1. The minimum Gasteiger partial charge on any atom is -0.493 e. The van der Waals surface area contributed by atoms with Crippen molar-refractivity contribution in [1.82, 2.24) is 20.2 Å². The molecule has 28 heavy (non-hydrogen) atoms. The number of aromatic nitrogens is 3. The summed E-state index contributed by atoms with van der Waals surface area (Å²) in [7, 11) is 3.12. The van der Waals surface area contributed by atoms with Crippen molar-refractivity contribution in [3.8, 4) is 35.2 Å². The lowest BCUT2D eigenvalue weighted by atomic mass is 9.94. The van der Waals surface area contributed by atoms with Gasteiger partial charge in [-0.05, 0) is 31.0 Å². The first-order valence-electron chi connectivity index (χ1n) is 8.78. The molecule has 1 heterocycles. The molecule has 0 aliphatic carbocycles. The van der Waals surface area contributed by atoms with E-state index in [9.17, 15) is 4.79 Å². The van der Waals surface area contributed by atoms with Gasteiger partial charge in [-0.2, -0.15) is 0 Å². The number of ether oxygens (including phenoxy) is 2. The third-order valence-electron chi connectivity index (χ3n) is 4.50. The fourth-order valence-corrected chi connectivity index (χ4v) is 3.30. The molecule has 1 aromatic heterocycles. The summed E-state index contributed by atoms with van der Waals surface area (Å²) in [6, 6.07) is 5.33. The Balaban J connectivity index is 2.12. The monoisotopic (exact) mass is 403 g/mol. The maximum absolute atomic E-state index is 12.3. The normalized spacial score (nSPS) is 11.0. The number of hydrogen-bond acceptors (Lipinski definition) is 7. The molecular formula is C19H25N5O3S. The van der Waals surface area contributed by atoms with Crippen LogP contribution in [0.4, 0.5) is 0 Å². The highest BCUT2D eigenvalue weighted by molar-refractivity contribution is 7.99. The molecule has 0 saturated carbocycles. The minimum absolute atomic E-state index is 0.130. The van der Waals surface area contributed by atoms with E-state index < -0.39 is 5.54 Å². The number of rotatable bonds is 9. The predicted molar refractivity (Wildman–Crippen MR) is 110 cm³/mol. The zero-order valence-electron chi connectivity index (χ0n) is 16.5. The van der Waals surface area contributed by atoms with Gasteiger partial charge in [0.25, 0.3) is 0 Å². The second-order valence-corrected chi connectivity index (χ2v) is 6.96. The van der Waals surface area contributed by atoms with Gasteiger partial charge in [-0.3, -0.25) is 4.79 Å². The van der Waals surface area contributed by atoms with Crippen molar-refractivity contribution in [3.63, 3.8) is 0 Å². The molecule has 0 radical (unpaired) electrons. The molecule has 0 aliphatic rings. The lowest BCUT2D eigenvalue weighted by molar-refractivity contribution is -0.119. The number of nitrogens with two attached hydrogens (primary N) is 1. The zero-order chi connectivity index (χ0) is 20.7. The number of nitrogen functional groups attached to an aromatic ring is 1. The summed E-state index contributed by atoms with van der Waals surface area (Å²) >= 11 is 1.19. The Kier molecular flexibility index (Phi) is 7.18. The van der Waals surface area contributed by atoms with E-state index >= 15 is 0 Å². The molecule has 0 fully saturated rings. The summed E-state index contributed by atoms with van der Waals surface area (Å²) in [4.78, 5) is 12.3. The Hall–Kier alpha value is -2.86. The Labute approximate surface area is 169 Å². The Morgan fingerprint density at radius 2 is 1.96 bits per heavy atom. The van der Waals surface area contributed by atoms with E-state index in [0.717, 1.165) is 0 Å². The lowest BCUT2D eigenvalue weighted by Gasteiger charge is -2.26. The van der Waals surface area contributed by atoms with Crippen LogP contribution in [0.5, 0.6) is 11.5 Å². The molecule has 1 amide bonds. The van der Waals surface area contributed by atoms with Crippen molar-refractivity contribution in [2.45, 2.75) is 37.4 Å². The van der Waals surface area contributed by atoms with Gasteiger partial charge in [0, 0.05) is 5.56 Å². The van der Waals surface area contributed by atoms with Crippen molar-refractivity contribution in [2.75, 3.05) is 25.8 Å². The summed E-state index contributed by atoms with van der Waals surface area (Å²) < 4.78 is 11.9. The first-order valence-corrected chi connectivity index (χ1v) is 9.76. The summed E-state index contributed by atoms with van der Waals surface area (Å²) in [5.74, 6) is 10.4. The molecule has 0 spiro atoms. The quantitative estimate of drug-likeness (QED) is 0.375. The average molecular weight is 404 g/mol. The predicted octanol–water partition coefficient (Wildman–Crippen LogP) is 2.08. The number of hydrogen-bond donors (Lipinski definition) is 2. The van der Waals surface area contributed by atoms with E-state index in [2.05, 4.69) is 21.4 Å². The van der Waals surface area contributed by atoms with Crippen LogP contribution in [0, 0.1) is 12.3 Å². The van der Waals surface area contributed by atoms with Gasteiger partial charge in [0.1, 0.15) is 5.54 Å². The first-order chi connectivity index (χ1) is 13.4. The van der Waals surface area contributed by atoms with Crippen molar-refractivity contribution in [1.29, 1.82) is 0 Å². The summed E-state index contributed by atoms with van der Waals surface area (Å²) in [6.07, 6.45) is 6.90. The SMILES string of the molecule is C#CC(CC)(CC)NC(=O)CSc1nnc(-c2ccc(OC)c(OC)c2)n1N.